The van der Waals surface area contributed by atoms with E-state index in [1.165, 1.54) is 0 Å². The van der Waals surface area contributed by atoms with Gasteiger partial charge in [0.15, 0.2) is 0 Å². The molecule has 2 aromatic rings. The average Bonchev–Trinajstić information content (AvgIpc) is 2.91. The van der Waals surface area contributed by atoms with Crippen molar-refractivity contribution in [3.63, 3.8) is 0 Å². The smallest absolute Gasteiger partial charge is 0.407 e. The van der Waals surface area contributed by atoms with Crippen LogP contribution < -0.4 is 20.7 Å². The molecule has 5 atom stereocenters. The number of aliphatic hydroxyl groups is 1. The van der Waals surface area contributed by atoms with Crippen LogP contribution in [0.4, 0.5) is 16.6 Å². The summed E-state index contributed by atoms with van der Waals surface area (Å²) in [7, 11) is 0. The quantitative estimate of drug-likeness (QED) is 0.338. The molecule has 4 aliphatic carbocycles. The molecule has 3 unspecified atom stereocenters. The Balaban J connectivity index is 1.23. The summed E-state index contributed by atoms with van der Waals surface area (Å²) in [5, 5.41) is 28.8. The van der Waals surface area contributed by atoms with Crippen molar-refractivity contribution < 1.29 is 19.4 Å². The Morgan fingerprint density at radius 2 is 1.93 bits per heavy atom. The summed E-state index contributed by atoms with van der Waals surface area (Å²) in [6.45, 7) is 7.01. The molecular formula is C30H40N6O4. The highest BCUT2D eigenvalue weighted by Gasteiger charge is 2.55. The zero-order valence-corrected chi connectivity index (χ0v) is 23.6. The summed E-state index contributed by atoms with van der Waals surface area (Å²) in [4.78, 5) is 21.5. The Morgan fingerprint density at radius 1 is 1.18 bits per heavy atom. The van der Waals surface area contributed by atoms with E-state index in [4.69, 9.17) is 14.6 Å². The molecule has 1 aromatic heterocycles. The maximum Gasteiger partial charge on any atom is 0.407 e. The van der Waals surface area contributed by atoms with Crippen LogP contribution in [0.2, 0.25) is 0 Å². The minimum atomic E-state index is -0.512. The number of nitrogens with one attached hydrogen (secondary N) is 3. The number of rotatable bonds is 10. The van der Waals surface area contributed by atoms with E-state index in [0.717, 1.165) is 44.2 Å². The van der Waals surface area contributed by atoms with Gasteiger partial charge in [0.05, 0.1) is 12.8 Å². The van der Waals surface area contributed by atoms with Crippen molar-refractivity contribution in [3.8, 4) is 11.8 Å². The van der Waals surface area contributed by atoms with Crippen LogP contribution >= 0.6 is 0 Å². The van der Waals surface area contributed by atoms with Gasteiger partial charge in [-0.3, -0.25) is 0 Å². The number of alkyl carbamates (subject to hydrolysis) is 1. The fraction of sp³-hybridized carbons (Fsp3) is 0.600. The van der Waals surface area contributed by atoms with Gasteiger partial charge in [0.1, 0.15) is 35.4 Å². The first kappa shape index (κ1) is 28.0. The molecule has 4 aliphatic rings. The van der Waals surface area contributed by atoms with E-state index in [0.29, 0.717) is 47.4 Å². The van der Waals surface area contributed by atoms with E-state index < -0.39 is 5.60 Å². The number of nitrogens with zero attached hydrogens (tertiary/aromatic N) is 3. The van der Waals surface area contributed by atoms with Gasteiger partial charge in [-0.15, -0.1) is 0 Å². The Hall–Kier alpha value is -3.58. The number of aliphatic hydroxyl groups excluding tert-OH is 1. The molecule has 0 spiro atoms. The standard InChI is InChI=1S/C30H40N6O4/c1-29(2,3)40-28(38)35-25-21-10-19-11-22(25)14-30(12-19,13-21)18-34-26-23(15-31)17-33-27(36-26)32-16-20-6-4-5-7-24(20)39-9-8-37/h4-7,17,19,21-22,25,37H,8-14,16,18H2,1-3H3,(H,35,38)(H2,32,33,34,36)/t19?,21-,22+,25?,30?. The molecule has 40 heavy (non-hydrogen) atoms. The van der Waals surface area contributed by atoms with Gasteiger partial charge in [-0.05, 0) is 82.1 Å². The number of anilines is 2. The summed E-state index contributed by atoms with van der Waals surface area (Å²) in [5.74, 6) is 3.19. The van der Waals surface area contributed by atoms with Crippen LogP contribution in [0.1, 0.15) is 64.0 Å². The van der Waals surface area contributed by atoms with Crippen molar-refractivity contribution in [1.29, 1.82) is 5.26 Å². The highest BCUT2D eigenvalue weighted by molar-refractivity contribution is 5.68. The lowest BCUT2D eigenvalue weighted by molar-refractivity contribution is -0.0703. The van der Waals surface area contributed by atoms with E-state index in [1.807, 2.05) is 45.0 Å². The average molecular weight is 549 g/mol. The molecule has 0 radical (unpaired) electrons. The molecular weight excluding hydrogens is 508 g/mol. The zero-order chi connectivity index (χ0) is 28.3. The predicted molar refractivity (Wildman–Crippen MR) is 151 cm³/mol. The molecule has 4 saturated carbocycles. The van der Waals surface area contributed by atoms with Gasteiger partial charge in [-0.1, -0.05) is 18.2 Å². The third kappa shape index (κ3) is 6.41. The summed E-state index contributed by atoms with van der Waals surface area (Å²) < 4.78 is 11.2. The van der Waals surface area contributed by atoms with Gasteiger partial charge < -0.3 is 30.5 Å². The van der Waals surface area contributed by atoms with Crippen molar-refractivity contribution >= 4 is 17.9 Å². The molecule has 0 saturated heterocycles. The SMILES string of the molecule is CC(C)(C)OC(=O)NC1[C@@H]2CC3C[C@H]1CC(CNc1nc(NCc4ccccc4OCCO)ncc1C#N)(C3)C2. The second-order valence-electron chi connectivity index (χ2n) is 12.6. The molecule has 214 valence electrons. The van der Waals surface area contributed by atoms with E-state index >= 15 is 0 Å². The topological polar surface area (TPSA) is 141 Å². The van der Waals surface area contributed by atoms with E-state index in [1.54, 1.807) is 6.20 Å². The fourth-order valence-electron chi connectivity index (χ4n) is 7.16. The number of nitriles is 1. The lowest BCUT2D eigenvalue weighted by Crippen LogP contribution is -2.60. The van der Waals surface area contributed by atoms with E-state index in [9.17, 15) is 10.1 Å². The fourth-order valence-corrected chi connectivity index (χ4v) is 7.16. The van der Waals surface area contributed by atoms with Crippen molar-refractivity contribution in [2.45, 2.75) is 71.1 Å². The van der Waals surface area contributed by atoms with Crippen LogP contribution in [-0.4, -0.2) is 52.6 Å². The second-order valence-corrected chi connectivity index (χ2v) is 12.6. The lowest BCUT2D eigenvalue weighted by Gasteiger charge is -2.60. The minimum Gasteiger partial charge on any atom is -0.491 e. The van der Waals surface area contributed by atoms with Gasteiger partial charge in [0.25, 0.3) is 0 Å². The molecule has 0 aliphatic heterocycles. The van der Waals surface area contributed by atoms with Gasteiger partial charge in [-0.25, -0.2) is 9.78 Å². The van der Waals surface area contributed by atoms with Crippen molar-refractivity contribution in [3.05, 3.63) is 41.6 Å². The van der Waals surface area contributed by atoms with Gasteiger partial charge >= 0.3 is 6.09 Å². The largest absolute Gasteiger partial charge is 0.491 e. The van der Waals surface area contributed by atoms with Crippen LogP contribution in [0, 0.1) is 34.5 Å². The van der Waals surface area contributed by atoms with Gasteiger partial charge in [0.2, 0.25) is 5.95 Å². The van der Waals surface area contributed by atoms with Gasteiger partial charge in [0, 0.05) is 24.7 Å². The summed E-state index contributed by atoms with van der Waals surface area (Å²) in [6, 6.07) is 9.99. The Kier molecular flexibility index (Phi) is 8.04. The number of hydrogen-bond donors (Lipinski definition) is 4. The van der Waals surface area contributed by atoms with Crippen LogP contribution in [0.3, 0.4) is 0 Å². The lowest BCUT2D eigenvalue weighted by atomic mass is 9.48. The maximum atomic E-state index is 12.5. The number of carbonyl (C=O) groups excluding carboxylic acids is 1. The van der Waals surface area contributed by atoms with E-state index in [2.05, 4.69) is 32.0 Å². The van der Waals surface area contributed by atoms with Crippen LogP contribution in [0.5, 0.6) is 5.75 Å². The summed E-state index contributed by atoms with van der Waals surface area (Å²) in [6.07, 6.45) is 6.76. The van der Waals surface area contributed by atoms with Crippen LogP contribution in [-0.2, 0) is 11.3 Å². The van der Waals surface area contributed by atoms with E-state index in [-0.39, 0.29) is 30.8 Å². The molecule has 6 rings (SSSR count). The number of carbonyl (C=O) groups is 1. The maximum absolute atomic E-state index is 12.5. The molecule has 1 amide bonds. The number of benzene rings is 1. The number of para-hydroxylation sites is 1. The molecule has 10 heteroatoms. The molecule has 4 fully saturated rings. The summed E-state index contributed by atoms with van der Waals surface area (Å²) >= 11 is 0. The first-order chi connectivity index (χ1) is 19.2. The molecule has 1 aromatic carbocycles. The van der Waals surface area contributed by atoms with Crippen molar-refractivity contribution in [2.24, 2.45) is 23.2 Å². The number of ether oxygens (including phenoxy) is 2. The highest BCUT2D eigenvalue weighted by Crippen LogP contribution is 2.60. The third-order valence-corrected chi connectivity index (χ3v) is 8.38. The monoisotopic (exact) mass is 548 g/mol. The molecule has 4 N–H and O–H groups in total. The van der Waals surface area contributed by atoms with Crippen molar-refractivity contribution in [2.75, 3.05) is 30.4 Å². The number of aromatic nitrogens is 2. The first-order valence-corrected chi connectivity index (χ1v) is 14.2. The second kappa shape index (κ2) is 11.5. The van der Waals surface area contributed by atoms with Crippen LogP contribution in [0.15, 0.2) is 30.5 Å². The predicted octanol–water partition coefficient (Wildman–Crippen LogP) is 4.46. The Labute approximate surface area is 235 Å². The molecule has 1 heterocycles. The molecule has 10 nitrogen and oxygen atoms in total. The first-order valence-electron chi connectivity index (χ1n) is 14.2. The zero-order valence-electron chi connectivity index (χ0n) is 23.6. The van der Waals surface area contributed by atoms with Gasteiger partial charge in [-0.2, -0.15) is 10.2 Å². The summed E-state index contributed by atoms with van der Waals surface area (Å²) in [5.41, 5.74) is 0.937. The van der Waals surface area contributed by atoms with Crippen LogP contribution in [0.25, 0.3) is 0 Å². The normalized spacial score (nSPS) is 26.6. The Morgan fingerprint density at radius 3 is 2.62 bits per heavy atom. The van der Waals surface area contributed by atoms with Crippen molar-refractivity contribution in [1.82, 2.24) is 15.3 Å². The Bertz CT molecular complexity index is 1240. The minimum absolute atomic E-state index is 0.0554. The number of hydrogen-bond acceptors (Lipinski definition) is 9. The third-order valence-electron chi connectivity index (χ3n) is 8.38. The highest BCUT2D eigenvalue weighted by atomic mass is 16.6. The molecule has 4 bridgehead atoms. The number of amides is 1.